The van der Waals surface area contributed by atoms with Gasteiger partial charge in [0, 0.05) is 5.41 Å². The van der Waals surface area contributed by atoms with Gasteiger partial charge in [0.25, 0.3) is 0 Å². The first-order valence-electron chi connectivity index (χ1n) is 7.00. The standard InChI is InChI=1S/C15H31NO2/c1-12(2)10-8-9-11-15(3,4)13(14(17)18)16(5,6)7/h12-13H,8-11H2,1-7H3. The Hall–Kier alpha value is -0.570. The van der Waals surface area contributed by atoms with Crippen LogP contribution in [-0.4, -0.2) is 37.6 Å². The predicted molar refractivity (Wildman–Crippen MR) is 73.9 cm³/mol. The predicted octanol–water partition coefficient (Wildman–Crippen LogP) is 2.05. The molecule has 0 aliphatic carbocycles. The molecule has 18 heavy (non-hydrogen) atoms. The number of aliphatic carboxylic acids is 1. The lowest BCUT2D eigenvalue weighted by atomic mass is 9.78. The molecule has 0 saturated carbocycles. The Labute approximate surface area is 113 Å². The maximum Gasteiger partial charge on any atom is 0.134 e. The van der Waals surface area contributed by atoms with E-state index in [9.17, 15) is 9.90 Å². The van der Waals surface area contributed by atoms with Crippen LogP contribution >= 0.6 is 0 Å². The number of carboxylic acid groups (broad SMARTS) is 1. The van der Waals surface area contributed by atoms with Gasteiger partial charge >= 0.3 is 0 Å². The van der Waals surface area contributed by atoms with E-state index in [0.29, 0.717) is 4.48 Å². The molecule has 0 N–H and O–H groups in total. The highest BCUT2D eigenvalue weighted by Gasteiger charge is 2.39. The van der Waals surface area contributed by atoms with Gasteiger partial charge in [0.05, 0.1) is 27.1 Å². The third kappa shape index (κ3) is 5.85. The number of unbranched alkanes of at least 4 members (excludes halogenated alkanes) is 1. The fourth-order valence-electron chi connectivity index (χ4n) is 2.95. The van der Waals surface area contributed by atoms with Crippen LogP contribution in [0.5, 0.6) is 0 Å². The van der Waals surface area contributed by atoms with Crippen molar-refractivity contribution in [3.63, 3.8) is 0 Å². The number of likely N-dealkylation sites (N-methyl/N-ethyl adjacent to an activating group) is 1. The molecule has 0 rings (SSSR count). The molecule has 0 radical (unpaired) electrons. The number of nitrogens with zero attached hydrogens (tertiary/aromatic N) is 1. The van der Waals surface area contributed by atoms with Crippen LogP contribution in [0.2, 0.25) is 0 Å². The molecule has 0 aromatic heterocycles. The molecule has 0 fully saturated rings. The number of carbonyl (C=O) groups excluding carboxylic acids is 1. The molecule has 0 saturated heterocycles. The molecule has 0 aromatic carbocycles. The summed E-state index contributed by atoms with van der Waals surface area (Å²) in [6, 6.07) is -0.462. The second kappa shape index (κ2) is 6.55. The fraction of sp³-hybridized carbons (Fsp3) is 0.933. The van der Waals surface area contributed by atoms with Gasteiger partial charge in [0.2, 0.25) is 0 Å². The summed E-state index contributed by atoms with van der Waals surface area (Å²) in [5.41, 5.74) is -0.228. The van der Waals surface area contributed by atoms with Crippen molar-refractivity contribution in [3.8, 4) is 0 Å². The first-order valence-corrected chi connectivity index (χ1v) is 7.00. The van der Waals surface area contributed by atoms with Gasteiger partial charge in [-0.2, -0.15) is 0 Å². The largest absolute Gasteiger partial charge is 0.544 e. The molecule has 108 valence electrons. The van der Waals surface area contributed by atoms with E-state index in [1.807, 2.05) is 35.0 Å². The Morgan fingerprint density at radius 2 is 1.67 bits per heavy atom. The zero-order valence-electron chi connectivity index (χ0n) is 13.2. The number of hydrogen-bond donors (Lipinski definition) is 0. The number of carbonyl (C=O) groups is 1. The van der Waals surface area contributed by atoms with Crippen LogP contribution in [0.1, 0.15) is 53.4 Å². The van der Waals surface area contributed by atoms with Crippen molar-refractivity contribution < 1.29 is 14.4 Å². The Bertz CT molecular complexity index is 264. The first kappa shape index (κ1) is 17.4. The monoisotopic (exact) mass is 257 g/mol. The van der Waals surface area contributed by atoms with E-state index in [-0.39, 0.29) is 5.41 Å². The normalized spacial score (nSPS) is 14.9. The molecule has 0 bridgehead atoms. The van der Waals surface area contributed by atoms with Crippen molar-refractivity contribution in [2.75, 3.05) is 21.1 Å². The van der Waals surface area contributed by atoms with Gasteiger partial charge in [-0.3, -0.25) is 0 Å². The van der Waals surface area contributed by atoms with Crippen LogP contribution in [0.25, 0.3) is 0 Å². The lowest BCUT2D eigenvalue weighted by molar-refractivity contribution is -0.896. The van der Waals surface area contributed by atoms with Gasteiger partial charge in [-0.25, -0.2) is 0 Å². The summed E-state index contributed by atoms with van der Waals surface area (Å²) in [6.07, 6.45) is 4.43. The topological polar surface area (TPSA) is 40.1 Å². The highest BCUT2D eigenvalue weighted by molar-refractivity contribution is 5.70. The molecule has 1 atom stereocenters. The van der Waals surface area contributed by atoms with E-state index in [1.165, 1.54) is 12.8 Å². The zero-order chi connectivity index (χ0) is 14.6. The first-order chi connectivity index (χ1) is 7.98. The molecule has 1 unspecified atom stereocenters. The van der Waals surface area contributed by atoms with Gasteiger partial charge in [-0.15, -0.1) is 0 Å². The molecule has 0 heterocycles. The average molecular weight is 257 g/mol. The van der Waals surface area contributed by atoms with Crippen LogP contribution in [0, 0.1) is 11.3 Å². The van der Waals surface area contributed by atoms with Crippen molar-refractivity contribution in [2.45, 2.75) is 59.4 Å². The second-order valence-electron chi connectivity index (χ2n) is 7.47. The Morgan fingerprint density at radius 1 is 1.17 bits per heavy atom. The van der Waals surface area contributed by atoms with E-state index in [1.54, 1.807) is 0 Å². The SMILES string of the molecule is CC(C)CCCCC(C)(C)C(C(=O)[O-])[N+](C)(C)C. The summed E-state index contributed by atoms with van der Waals surface area (Å²) in [5, 5.41) is 11.4. The summed E-state index contributed by atoms with van der Waals surface area (Å²) in [7, 11) is 5.78. The minimum atomic E-state index is -0.934. The molecule has 3 heteroatoms. The van der Waals surface area contributed by atoms with Crippen LogP contribution in [-0.2, 0) is 4.79 Å². The summed E-state index contributed by atoms with van der Waals surface area (Å²) < 4.78 is 0.416. The maximum absolute atomic E-state index is 11.4. The summed E-state index contributed by atoms with van der Waals surface area (Å²) in [5.74, 6) is -0.209. The van der Waals surface area contributed by atoms with E-state index in [0.717, 1.165) is 18.8 Å². The van der Waals surface area contributed by atoms with Crippen molar-refractivity contribution in [1.29, 1.82) is 0 Å². The van der Waals surface area contributed by atoms with Crippen molar-refractivity contribution in [1.82, 2.24) is 0 Å². The van der Waals surface area contributed by atoms with Gasteiger partial charge in [0.1, 0.15) is 6.04 Å². The van der Waals surface area contributed by atoms with E-state index in [4.69, 9.17) is 0 Å². The lowest BCUT2D eigenvalue weighted by Gasteiger charge is -2.44. The summed E-state index contributed by atoms with van der Waals surface area (Å²) in [6.45, 7) is 8.54. The zero-order valence-corrected chi connectivity index (χ0v) is 13.2. The summed E-state index contributed by atoms with van der Waals surface area (Å²) >= 11 is 0. The quantitative estimate of drug-likeness (QED) is 0.493. The van der Waals surface area contributed by atoms with Crippen molar-refractivity contribution in [2.24, 2.45) is 11.3 Å². The van der Waals surface area contributed by atoms with Crippen LogP contribution in [0.15, 0.2) is 0 Å². The van der Waals surface area contributed by atoms with Gasteiger partial charge < -0.3 is 14.4 Å². The minimum absolute atomic E-state index is 0.228. The number of hydrogen-bond acceptors (Lipinski definition) is 2. The number of quaternary nitrogens is 1. The fourth-order valence-corrected chi connectivity index (χ4v) is 2.95. The average Bonchev–Trinajstić information content (AvgIpc) is 2.07. The molecular formula is C15H31NO2. The highest BCUT2D eigenvalue weighted by Crippen LogP contribution is 2.32. The summed E-state index contributed by atoms with van der Waals surface area (Å²) in [4.78, 5) is 11.4. The number of carboxylic acids is 1. The Balaban J connectivity index is 4.52. The molecule has 0 aliphatic heterocycles. The van der Waals surface area contributed by atoms with Crippen LogP contribution < -0.4 is 5.11 Å². The molecular weight excluding hydrogens is 226 g/mol. The molecule has 0 spiro atoms. The van der Waals surface area contributed by atoms with Crippen molar-refractivity contribution in [3.05, 3.63) is 0 Å². The Morgan fingerprint density at radius 3 is 2.00 bits per heavy atom. The highest BCUT2D eigenvalue weighted by atomic mass is 16.4. The molecule has 3 nitrogen and oxygen atoms in total. The maximum atomic E-state index is 11.4. The van der Waals surface area contributed by atoms with Crippen molar-refractivity contribution >= 4 is 5.97 Å². The smallest absolute Gasteiger partial charge is 0.134 e. The molecule has 0 amide bonds. The molecule has 0 aromatic rings. The minimum Gasteiger partial charge on any atom is -0.544 e. The van der Waals surface area contributed by atoms with Gasteiger partial charge in [-0.1, -0.05) is 47.0 Å². The van der Waals surface area contributed by atoms with Gasteiger partial charge in [-0.05, 0) is 12.3 Å². The van der Waals surface area contributed by atoms with Crippen LogP contribution in [0.4, 0.5) is 0 Å². The Kier molecular flexibility index (Phi) is 6.35. The van der Waals surface area contributed by atoms with E-state index in [2.05, 4.69) is 13.8 Å². The molecule has 0 aliphatic rings. The lowest BCUT2D eigenvalue weighted by Crippen LogP contribution is -2.61. The van der Waals surface area contributed by atoms with Crippen LogP contribution in [0.3, 0.4) is 0 Å². The third-order valence-electron chi connectivity index (χ3n) is 3.59. The van der Waals surface area contributed by atoms with E-state index >= 15 is 0 Å². The second-order valence-corrected chi connectivity index (χ2v) is 7.47. The third-order valence-corrected chi connectivity index (χ3v) is 3.59. The van der Waals surface area contributed by atoms with E-state index < -0.39 is 12.0 Å². The van der Waals surface area contributed by atoms with Gasteiger partial charge in [0.15, 0.2) is 0 Å². The number of rotatable bonds is 8.